The smallest absolute Gasteiger partial charge is 0.251 e. The van der Waals surface area contributed by atoms with Gasteiger partial charge in [0, 0.05) is 42.9 Å². The molecule has 0 saturated heterocycles. The first-order valence-corrected chi connectivity index (χ1v) is 10.9. The minimum absolute atomic E-state index is 0.0645. The van der Waals surface area contributed by atoms with E-state index < -0.39 is 11.6 Å². The summed E-state index contributed by atoms with van der Waals surface area (Å²) in [5.41, 5.74) is 1.82. The quantitative estimate of drug-likeness (QED) is 0.475. The molecule has 0 radical (unpaired) electrons. The van der Waals surface area contributed by atoms with Gasteiger partial charge in [-0.3, -0.25) is 14.5 Å². The molecule has 0 aliphatic heterocycles. The molecule has 1 saturated carbocycles. The standard InChI is InChI=1S/C25H25F2N3O3/c26-22-10-9-20(14-23(22)27)28-24(31)11-12-30(16-21-2-1-13-33-21)15-17-3-5-18(6-4-17)25(32)29-19-7-8-19/h1-6,9-10,13-14,19H,7-8,11-12,15-16H2,(H,28,31)(H,29,32). The van der Waals surface area contributed by atoms with Crippen molar-refractivity contribution in [2.45, 2.75) is 38.4 Å². The van der Waals surface area contributed by atoms with Crippen LogP contribution in [0.1, 0.15) is 40.9 Å². The van der Waals surface area contributed by atoms with Crippen molar-refractivity contribution in [2.75, 3.05) is 11.9 Å². The predicted molar refractivity (Wildman–Crippen MR) is 119 cm³/mol. The summed E-state index contributed by atoms with van der Waals surface area (Å²) in [5.74, 6) is -1.59. The zero-order chi connectivity index (χ0) is 23.2. The van der Waals surface area contributed by atoms with Crippen LogP contribution in [0.2, 0.25) is 0 Å². The molecule has 0 bridgehead atoms. The Kier molecular flexibility index (Phi) is 7.14. The first kappa shape index (κ1) is 22.7. The lowest BCUT2D eigenvalue weighted by Gasteiger charge is -2.21. The average molecular weight is 453 g/mol. The molecule has 1 aromatic heterocycles. The Labute approximate surface area is 190 Å². The number of benzene rings is 2. The number of hydrogen-bond donors (Lipinski definition) is 2. The SMILES string of the molecule is O=C(CCN(Cc1ccc(C(=O)NC2CC2)cc1)Cc1ccco1)Nc1ccc(F)c(F)c1. The van der Waals surface area contributed by atoms with Crippen molar-refractivity contribution in [1.29, 1.82) is 0 Å². The second kappa shape index (κ2) is 10.4. The number of anilines is 1. The molecule has 2 amide bonds. The lowest BCUT2D eigenvalue weighted by molar-refractivity contribution is -0.116. The molecule has 4 rings (SSSR count). The topological polar surface area (TPSA) is 74.6 Å². The number of furan rings is 1. The number of carbonyl (C=O) groups excluding carboxylic acids is 2. The van der Waals surface area contributed by atoms with Crippen molar-refractivity contribution in [3.63, 3.8) is 0 Å². The second-order valence-electron chi connectivity index (χ2n) is 8.16. The van der Waals surface area contributed by atoms with Gasteiger partial charge in [0.05, 0.1) is 12.8 Å². The van der Waals surface area contributed by atoms with Crippen LogP contribution < -0.4 is 10.6 Å². The van der Waals surface area contributed by atoms with E-state index in [0.717, 1.165) is 36.3 Å². The Balaban J connectivity index is 1.35. The van der Waals surface area contributed by atoms with Gasteiger partial charge in [-0.25, -0.2) is 8.78 Å². The van der Waals surface area contributed by atoms with Gasteiger partial charge in [-0.2, -0.15) is 0 Å². The molecule has 1 heterocycles. The summed E-state index contributed by atoms with van der Waals surface area (Å²) in [7, 11) is 0. The third-order valence-corrected chi connectivity index (χ3v) is 5.35. The van der Waals surface area contributed by atoms with Crippen molar-refractivity contribution in [2.24, 2.45) is 0 Å². The van der Waals surface area contributed by atoms with Crippen molar-refractivity contribution >= 4 is 17.5 Å². The molecule has 6 nitrogen and oxygen atoms in total. The summed E-state index contributed by atoms with van der Waals surface area (Å²) in [6.07, 6.45) is 3.82. The van der Waals surface area contributed by atoms with E-state index >= 15 is 0 Å². The van der Waals surface area contributed by atoms with Crippen LogP contribution in [0.4, 0.5) is 14.5 Å². The van der Waals surface area contributed by atoms with Gasteiger partial charge in [-0.15, -0.1) is 0 Å². The zero-order valence-corrected chi connectivity index (χ0v) is 18.0. The highest BCUT2D eigenvalue weighted by Crippen LogP contribution is 2.20. The maximum absolute atomic E-state index is 13.4. The Bertz CT molecular complexity index is 1100. The van der Waals surface area contributed by atoms with Crippen LogP contribution >= 0.6 is 0 Å². The molecule has 2 aromatic carbocycles. The number of nitrogens with one attached hydrogen (secondary N) is 2. The number of nitrogens with zero attached hydrogens (tertiary/aromatic N) is 1. The summed E-state index contributed by atoms with van der Waals surface area (Å²) in [5, 5.41) is 5.56. The largest absolute Gasteiger partial charge is 0.468 e. The molecule has 0 atom stereocenters. The number of halogens is 2. The first-order chi connectivity index (χ1) is 16.0. The molecule has 0 unspecified atom stereocenters. The summed E-state index contributed by atoms with van der Waals surface area (Å²) in [4.78, 5) is 26.6. The lowest BCUT2D eigenvalue weighted by Crippen LogP contribution is -2.27. The van der Waals surface area contributed by atoms with Gasteiger partial charge >= 0.3 is 0 Å². The Hall–Kier alpha value is -3.52. The molecule has 172 valence electrons. The fourth-order valence-electron chi connectivity index (χ4n) is 3.41. The average Bonchev–Trinajstić information content (AvgIpc) is 3.46. The lowest BCUT2D eigenvalue weighted by atomic mass is 10.1. The highest BCUT2D eigenvalue weighted by atomic mass is 19.2. The number of amides is 2. The van der Waals surface area contributed by atoms with Crippen molar-refractivity contribution in [3.8, 4) is 0 Å². The Morgan fingerprint density at radius 1 is 1.00 bits per heavy atom. The zero-order valence-electron chi connectivity index (χ0n) is 18.0. The van der Waals surface area contributed by atoms with E-state index in [9.17, 15) is 18.4 Å². The van der Waals surface area contributed by atoms with Crippen LogP contribution in [0.15, 0.2) is 65.3 Å². The Morgan fingerprint density at radius 2 is 1.79 bits per heavy atom. The molecule has 1 aliphatic rings. The first-order valence-electron chi connectivity index (χ1n) is 10.9. The summed E-state index contributed by atoms with van der Waals surface area (Å²) >= 11 is 0. The third kappa shape index (κ3) is 6.73. The highest BCUT2D eigenvalue weighted by molar-refractivity contribution is 5.94. The van der Waals surface area contributed by atoms with E-state index in [0.29, 0.717) is 31.2 Å². The van der Waals surface area contributed by atoms with Crippen molar-refractivity contribution in [1.82, 2.24) is 10.2 Å². The van der Waals surface area contributed by atoms with Gasteiger partial charge in [0.2, 0.25) is 5.91 Å². The normalized spacial score (nSPS) is 13.2. The van der Waals surface area contributed by atoms with Gasteiger partial charge in [-0.05, 0) is 54.8 Å². The maximum Gasteiger partial charge on any atom is 0.251 e. The number of carbonyl (C=O) groups is 2. The van der Waals surface area contributed by atoms with E-state index in [2.05, 4.69) is 10.6 Å². The molecular formula is C25H25F2N3O3. The Morgan fingerprint density at radius 3 is 2.45 bits per heavy atom. The molecule has 0 spiro atoms. The van der Waals surface area contributed by atoms with E-state index in [-0.39, 0.29) is 23.9 Å². The van der Waals surface area contributed by atoms with Gasteiger partial charge < -0.3 is 15.1 Å². The molecule has 8 heteroatoms. The van der Waals surface area contributed by atoms with E-state index in [4.69, 9.17) is 4.42 Å². The maximum atomic E-state index is 13.4. The second-order valence-corrected chi connectivity index (χ2v) is 8.16. The van der Waals surface area contributed by atoms with E-state index in [1.807, 2.05) is 23.1 Å². The van der Waals surface area contributed by atoms with Crippen LogP contribution in [0.3, 0.4) is 0 Å². The molecule has 33 heavy (non-hydrogen) atoms. The van der Waals surface area contributed by atoms with Crippen LogP contribution in [0.5, 0.6) is 0 Å². The fourth-order valence-corrected chi connectivity index (χ4v) is 3.41. The van der Waals surface area contributed by atoms with Crippen LogP contribution in [0, 0.1) is 11.6 Å². The molecule has 2 N–H and O–H groups in total. The third-order valence-electron chi connectivity index (χ3n) is 5.35. The minimum atomic E-state index is -1.01. The number of rotatable bonds is 10. The monoisotopic (exact) mass is 453 g/mol. The fraction of sp³-hybridized carbons (Fsp3) is 0.280. The predicted octanol–water partition coefficient (Wildman–Crippen LogP) is 4.48. The van der Waals surface area contributed by atoms with Gasteiger partial charge in [0.15, 0.2) is 11.6 Å². The molecule has 3 aromatic rings. The van der Waals surface area contributed by atoms with Crippen LogP contribution in [0.25, 0.3) is 0 Å². The van der Waals surface area contributed by atoms with Gasteiger partial charge in [0.1, 0.15) is 5.76 Å². The van der Waals surface area contributed by atoms with Gasteiger partial charge in [0.25, 0.3) is 5.91 Å². The van der Waals surface area contributed by atoms with Crippen molar-refractivity contribution in [3.05, 3.63) is 89.4 Å². The molecular weight excluding hydrogens is 428 g/mol. The summed E-state index contributed by atoms with van der Waals surface area (Å²) in [6.45, 7) is 1.46. The van der Waals surface area contributed by atoms with E-state index in [1.54, 1.807) is 24.5 Å². The number of hydrogen-bond acceptors (Lipinski definition) is 4. The minimum Gasteiger partial charge on any atom is -0.468 e. The van der Waals surface area contributed by atoms with Crippen LogP contribution in [-0.2, 0) is 17.9 Å². The summed E-state index contributed by atoms with van der Waals surface area (Å²) in [6, 6.07) is 14.6. The molecule has 1 aliphatic carbocycles. The van der Waals surface area contributed by atoms with Gasteiger partial charge in [-0.1, -0.05) is 12.1 Å². The highest BCUT2D eigenvalue weighted by Gasteiger charge is 2.23. The van der Waals surface area contributed by atoms with Crippen molar-refractivity contribution < 1.29 is 22.8 Å². The molecule has 1 fully saturated rings. The summed E-state index contributed by atoms with van der Waals surface area (Å²) < 4.78 is 31.9. The van der Waals surface area contributed by atoms with E-state index in [1.165, 1.54) is 6.07 Å². The van der Waals surface area contributed by atoms with Crippen LogP contribution in [-0.4, -0.2) is 29.3 Å².